The minimum absolute atomic E-state index is 0.231. The van der Waals surface area contributed by atoms with Crippen molar-refractivity contribution in [3.8, 4) is 0 Å². The fourth-order valence-corrected chi connectivity index (χ4v) is 4.50. The van der Waals surface area contributed by atoms with Crippen LogP contribution in [0.3, 0.4) is 0 Å². The van der Waals surface area contributed by atoms with Gasteiger partial charge in [-0.1, -0.05) is 41.7 Å². The van der Waals surface area contributed by atoms with Gasteiger partial charge in [0.25, 0.3) is 5.91 Å². The second-order valence-electron chi connectivity index (χ2n) is 5.15. The molecule has 0 aliphatic rings. The highest BCUT2D eigenvalue weighted by atomic mass is 32.1. The molecule has 1 aromatic carbocycles. The summed E-state index contributed by atoms with van der Waals surface area (Å²) in [5.74, 6) is -0.231. The van der Waals surface area contributed by atoms with Crippen LogP contribution in [0.4, 0.5) is 5.13 Å². The lowest BCUT2D eigenvalue weighted by Gasteiger charge is -2.16. The highest BCUT2D eigenvalue weighted by Gasteiger charge is 2.16. The number of carbonyl (C=O) groups excluding carboxylic acids is 1. The monoisotopic (exact) mass is 361 g/mol. The fourth-order valence-electron chi connectivity index (χ4n) is 2.27. The van der Waals surface area contributed by atoms with E-state index in [0.717, 1.165) is 33.3 Å². The summed E-state index contributed by atoms with van der Waals surface area (Å²) in [7, 11) is 0. The molecule has 0 saturated carbocycles. The van der Waals surface area contributed by atoms with Gasteiger partial charge in [-0.3, -0.25) is 9.63 Å². The molecule has 1 N–H and O–H groups in total. The molecule has 0 spiro atoms. The van der Waals surface area contributed by atoms with Crippen molar-refractivity contribution in [1.82, 2.24) is 10.5 Å². The van der Waals surface area contributed by atoms with Crippen molar-refractivity contribution in [3.63, 3.8) is 0 Å². The van der Waals surface area contributed by atoms with Gasteiger partial charge in [0, 0.05) is 13.1 Å². The van der Waals surface area contributed by atoms with Crippen molar-refractivity contribution >= 4 is 43.2 Å². The average Bonchev–Trinajstić information content (AvgIpc) is 3.16. The van der Waals surface area contributed by atoms with Crippen molar-refractivity contribution in [2.24, 2.45) is 0 Å². The molecule has 0 aliphatic carbocycles. The van der Waals surface area contributed by atoms with E-state index in [2.05, 4.69) is 29.2 Å². The molecule has 0 fully saturated rings. The Kier molecular flexibility index (Phi) is 5.44. The third kappa shape index (κ3) is 3.75. The van der Waals surface area contributed by atoms with Gasteiger partial charge in [0.05, 0.1) is 16.2 Å². The number of thiazole rings is 1. The number of hydroxylamine groups is 1. The molecule has 5 nitrogen and oxygen atoms in total. The van der Waals surface area contributed by atoms with E-state index in [1.807, 2.05) is 36.4 Å². The van der Waals surface area contributed by atoms with E-state index in [0.29, 0.717) is 11.5 Å². The van der Waals surface area contributed by atoms with Gasteiger partial charge in [-0.15, -0.1) is 11.3 Å². The summed E-state index contributed by atoms with van der Waals surface area (Å²) in [6.45, 7) is 6.43. The summed E-state index contributed by atoms with van der Waals surface area (Å²) in [6.07, 6.45) is 0. The summed E-state index contributed by atoms with van der Waals surface area (Å²) in [5, 5.41) is 1.01. The number of amides is 1. The van der Waals surface area contributed by atoms with Crippen LogP contribution >= 0.6 is 22.7 Å². The Balaban J connectivity index is 1.62. The quantitative estimate of drug-likeness (QED) is 0.645. The Morgan fingerprint density at radius 2 is 1.96 bits per heavy atom. The van der Waals surface area contributed by atoms with Crippen molar-refractivity contribution in [3.05, 3.63) is 46.8 Å². The van der Waals surface area contributed by atoms with E-state index in [1.165, 1.54) is 11.3 Å². The first-order chi connectivity index (χ1) is 11.7. The number of nitrogens with one attached hydrogen (secondary N) is 1. The number of thiophene rings is 1. The molecule has 2 heterocycles. The van der Waals surface area contributed by atoms with E-state index in [-0.39, 0.29) is 5.91 Å². The molecule has 0 saturated heterocycles. The Morgan fingerprint density at radius 1 is 1.21 bits per heavy atom. The minimum Gasteiger partial charge on any atom is -0.349 e. The number of nitrogens with zero attached hydrogens (tertiary/aromatic N) is 2. The third-order valence-corrected chi connectivity index (χ3v) is 5.80. The molecule has 1 amide bonds. The molecule has 3 rings (SSSR count). The van der Waals surface area contributed by atoms with Crippen LogP contribution < -0.4 is 10.4 Å². The maximum atomic E-state index is 12.2. The van der Waals surface area contributed by atoms with Crippen LogP contribution in [-0.2, 0) is 11.4 Å². The number of carbonyl (C=O) groups is 1. The van der Waals surface area contributed by atoms with Crippen LogP contribution in [0.5, 0.6) is 0 Å². The molecule has 24 heavy (non-hydrogen) atoms. The molecule has 0 aliphatic heterocycles. The van der Waals surface area contributed by atoms with Crippen molar-refractivity contribution in [2.75, 3.05) is 18.0 Å². The zero-order valence-electron chi connectivity index (χ0n) is 13.6. The van der Waals surface area contributed by atoms with E-state index in [4.69, 9.17) is 4.84 Å². The molecule has 2 aromatic heterocycles. The van der Waals surface area contributed by atoms with Crippen LogP contribution in [0.1, 0.15) is 29.1 Å². The van der Waals surface area contributed by atoms with Gasteiger partial charge in [-0.05, 0) is 25.5 Å². The predicted molar refractivity (Wildman–Crippen MR) is 99.8 cm³/mol. The highest BCUT2D eigenvalue weighted by Crippen LogP contribution is 2.34. The van der Waals surface area contributed by atoms with Crippen LogP contribution in [0.15, 0.2) is 36.4 Å². The molecule has 0 unspecified atom stereocenters. The zero-order chi connectivity index (χ0) is 16.9. The summed E-state index contributed by atoms with van der Waals surface area (Å²) in [4.78, 5) is 25.8. The average molecular weight is 361 g/mol. The smallest absolute Gasteiger partial charge is 0.285 e. The fraction of sp³-hybridized carbons (Fsp3) is 0.294. The third-order valence-electron chi connectivity index (χ3n) is 3.58. The largest absolute Gasteiger partial charge is 0.349 e. The molecule has 126 valence electrons. The van der Waals surface area contributed by atoms with Gasteiger partial charge in [-0.2, -0.15) is 0 Å². The molecule has 3 aromatic rings. The van der Waals surface area contributed by atoms with Crippen LogP contribution in [0.2, 0.25) is 0 Å². The second kappa shape index (κ2) is 7.74. The van der Waals surface area contributed by atoms with Gasteiger partial charge in [-0.25, -0.2) is 10.5 Å². The molecule has 0 atom stereocenters. The van der Waals surface area contributed by atoms with E-state index in [9.17, 15) is 4.79 Å². The number of aromatic nitrogens is 1. The van der Waals surface area contributed by atoms with Crippen molar-refractivity contribution < 1.29 is 9.63 Å². The second-order valence-corrected chi connectivity index (χ2v) is 7.19. The first-order valence-electron chi connectivity index (χ1n) is 7.82. The summed E-state index contributed by atoms with van der Waals surface area (Å²) < 4.78 is 1.04. The van der Waals surface area contributed by atoms with Gasteiger partial charge < -0.3 is 4.90 Å². The standard InChI is InChI=1S/C17H19N3O2S2/c1-3-20(4-2)17-18-16-14(24-17)10-13(23-16)15(21)19-22-11-12-8-6-5-7-9-12/h5-10H,3-4,11H2,1-2H3,(H,19,21). The zero-order valence-corrected chi connectivity index (χ0v) is 15.2. The summed E-state index contributed by atoms with van der Waals surface area (Å²) in [5.41, 5.74) is 3.51. The number of rotatable bonds is 7. The first kappa shape index (κ1) is 16.9. The highest BCUT2D eigenvalue weighted by molar-refractivity contribution is 7.29. The van der Waals surface area contributed by atoms with Crippen LogP contribution in [-0.4, -0.2) is 24.0 Å². The Morgan fingerprint density at radius 3 is 2.62 bits per heavy atom. The molecular formula is C17H19N3O2S2. The summed E-state index contributed by atoms with van der Waals surface area (Å²) in [6, 6.07) is 11.6. The Bertz CT molecular complexity index is 778. The predicted octanol–water partition coefficient (Wildman–Crippen LogP) is 4.07. The lowest BCUT2D eigenvalue weighted by Crippen LogP contribution is -2.22. The number of benzene rings is 1. The van der Waals surface area contributed by atoms with E-state index < -0.39 is 0 Å². The van der Waals surface area contributed by atoms with Gasteiger partial charge in [0.15, 0.2) is 5.13 Å². The maximum absolute atomic E-state index is 12.2. The van der Waals surface area contributed by atoms with Crippen LogP contribution in [0, 0.1) is 0 Å². The normalized spacial score (nSPS) is 10.9. The number of fused-ring (bicyclic) bond motifs is 1. The molecular weight excluding hydrogens is 342 g/mol. The lowest BCUT2D eigenvalue weighted by atomic mass is 10.2. The lowest BCUT2D eigenvalue weighted by molar-refractivity contribution is 0.0237. The first-order valence-corrected chi connectivity index (χ1v) is 9.46. The van der Waals surface area contributed by atoms with E-state index in [1.54, 1.807) is 11.3 Å². The van der Waals surface area contributed by atoms with Gasteiger partial charge >= 0.3 is 0 Å². The molecule has 0 bridgehead atoms. The van der Waals surface area contributed by atoms with Crippen molar-refractivity contribution in [1.29, 1.82) is 0 Å². The van der Waals surface area contributed by atoms with Gasteiger partial charge in [0.1, 0.15) is 4.83 Å². The van der Waals surface area contributed by atoms with Crippen LogP contribution in [0.25, 0.3) is 9.53 Å². The Labute approximate surface area is 148 Å². The number of anilines is 1. The Hall–Kier alpha value is -1.96. The SMILES string of the molecule is CCN(CC)c1nc2sc(C(=O)NOCc3ccccc3)cc2s1. The van der Waals surface area contributed by atoms with Gasteiger partial charge in [0.2, 0.25) is 0 Å². The molecule has 0 radical (unpaired) electrons. The topological polar surface area (TPSA) is 54.5 Å². The minimum atomic E-state index is -0.231. The number of hydrogen-bond donors (Lipinski definition) is 1. The summed E-state index contributed by atoms with van der Waals surface area (Å²) >= 11 is 3.01. The van der Waals surface area contributed by atoms with Crippen molar-refractivity contribution in [2.45, 2.75) is 20.5 Å². The van der Waals surface area contributed by atoms with E-state index >= 15 is 0 Å². The number of hydrogen-bond acceptors (Lipinski definition) is 6. The molecule has 7 heteroatoms. The maximum Gasteiger partial charge on any atom is 0.285 e.